The summed E-state index contributed by atoms with van der Waals surface area (Å²) in [7, 11) is 0. The summed E-state index contributed by atoms with van der Waals surface area (Å²) in [5.74, 6) is 0. The summed E-state index contributed by atoms with van der Waals surface area (Å²) in [5, 5.41) is 13.9. The first kappa shape index (κ1) is 8.59. The SMILES string of the molecule is c1cc([Te][Te]c2ccn[nH]2)[nH]n1. The molecule has 62 valence electrons. The number of hydrogen-bond acceptors (Lipinski definition) is 2. The molecule has 2 aromatic heterocycles. The first-order valence-corrected chi connectivity index (χ1v) is 12.9. The molecule has 0 amide bonds. The van der Waals surface area contributed by atoms with Crippen LogP contribution in [-0.2, 0) is 0 Å². The predicted molar refractivity (Wildman–Crippen MR) is 48.0 cm³/mol. The molecule has 0 aromatic carbocycles. The second-order valence-electron chi connectivity index (χ2n) is 2.01. The van der Waals surface area contributed by atoms with Crippen LogP contribution >= 0.6 is 0 Å². The molecule has 0 aliphatic rings. The third kappa shape index (κ3) is 2.24. The van der Waals surface area contributed by atoms with E-state index < -0.39 is 0 Å². The molecule has 2 aromatic rings. The Morgan fingerprint density at radius 3 is 1.75 bits per heavy atom. The van der Waals surface area contributed by atoms with Gasteiger partial charge in [-0.2, -0.15) is 0 Å². The van der Waals surface area contributed by atoms with E-state index in [2.05, 4.69) is 32.5 Å². The fourth-order valence-corrected chi connectivity index (χ4v) is 9.35. The quantitative estimate of drug-likeness (QED) is 0.622. The van der Waals surface area contributed by atoms with Crippen molar-refractivity contribution in [3.8, 4) is 0 Å². The first-order chi connectivity index (χ1) is 5.95. The predicted octanol–water partition coefficient (Wildman–Crippen LogP) is -1.59. The van der Waals surface area contributed by atoms with Crippen molar-refractivity contribution in [2.45, 2.75) is 0 Å². The fraction of sp³-hybridized carbons (Fsp3) is 0. The number of aromatic amines is 2. The third-order valence-corrected chi connectivity index (χ3v) is 12.2. The van der Waals surface area contributed by atoms with Crippen molar-refractivity contribution >= 4 is 41.6 Å². The molecular formula is C6H6N4Te2. The molecule has 0 aliphatic heterocycles. The van der Waals surface area contributed by atoms with Crippen LogP contribution in [0.15, 0.2) is 24.5 Å². The molecule has 0 fully saturated rings. The van der Waals surface area contributed by atoms with E-state index in [4.69, 9.17) is 0 Å². The Bertz CT molecular complexity index is 281. The Morgan fingerprint density at radius 2 is 1.42 bits per heavy atom. The zero-order valence-electron chi connectivity index (χ0n) is 6.02. The maximum atomic E-state index is 3.92. The van der Waals surface area contributed by atoms with Gasteiger partial charge in [-0.1, -0.05) is 0 Å². The number of nitrogens with one attached hydrogen (secondary N) is 2. The molecule has 0 radical (unpaired) electrons. The van der Waals surface area contributed by atoms with Crippen molar-refractivity contribution in [1.29, 1.82) is 0 Å². The second-order valence-corrected chi connectivity index (χ2v) is 11.9. The summed E-state index contributed by atoms with van der Waals surface area (Å²) in [5.41, 5.74) is 0. The Labute approximate surface area is 85.9 Å². The van der Waals surface area contributed by atoms with Crippen molar-refractivity contribution in [2.75, 3.05) is 0 Å². The van der Waals surface area contributed by atoms with Gasteiger partial charge in [0.1, 0.15) is 0 Å². The van der Waals surface area contributed by atoms with Crippen molar-refractivity contribution < 1.29 is 0 Å². The van der Waals surface area contributed by atoms with Crippen molar-refractivity contribution in [3.05, 3.63) is 24.5 Å². The Balaban J connectivity index is 1.91. The minimum atomic E-state index is -0.0205. The van der Waals surface area contributed by atoms with Crippen LogP contribution in [0, 0.1) is 0 Å². The summed E-state index contributed by atoms with van der Waals surface area (Å²) in [6.07, 6.45) is 3.64. The van der Waals surface area contributed by atoms with E-state index in [9.17, 15) is 0 Å². The van der Waals surface area contributed by atoms with Crippen LogP contribution in [-0.4, -0.2) is 54.5 Å². The van der Waals surface area contributed by atoms with E-state index in [0.29, 0.717) is 0 Å². The first-order valence-electron chi connectivity index (χ1n) is 3.28. The van der Waals surface area contributed by atoms with Gasteiger partial charge in [0.15, 0.2) is 0 Å². The van der Waals surface area contributed by atoms with Gasteiger partial charge in [0.05, 0.1) is 0 Å². The minimum absolute atomic E-state index is 0.0205. The van der Waals surface area contributed by atoms with Crippen LogP contribution in [0.4, 0.5) is 0 Å². The van der Waals surface area contributed by atoms with E-state index in [1.54, 1.807) is 0 Å². The standard InChI is InChI=1S/C6H6N4Te2/c1-3-7-9-5(1)11-12-6-2-4-8-10-6/h1-4H,(H,7,9)(H,8,10). The van der Waals surface area contributed by atoms with Crippen LogP contribution in [0.5, 0.6) is 0 Å². The van der Waals surface area contributed by atoms with Gasteiger partial charge < -0.3 is 0 Å². The molecule has 12 heavy (non-hydrogen) atoms. The van der Waals surface area contributed by atoms with Gasteiger partial charge in [0.2, 0.25) is 0 Å². The van der Waals surface area contributed by atoms with Crippen LogP contribution in [0.3, 0.4) is 0 Å². The van der Waals surface area contributed by atoms with E-state index in [0.717, 1.165) is 0 Å². The van der Waals surface area contributed by atoms with Crippen LogP contribution in [0.2, 0.25) is 0 Å². The molecule has 2 N–H and O–H groups in total. The molecule has 0 aliphatic carbocycles. The van der Waals surface area contributed by atoms with Gasteiger partial charge in [0, 0.05) is 0 Å². The second kappa shape index (κ2) is 4.30. The van der Waals surface area contributed by atoms with Crippen LogP contribution in [0.1, 0.15) is 0 Å². The molecule has 0 bridgehead atoms. The zero-order valence-corrected chi connectivity index (χ0v) is 10.7. The molecule has 6 heteroatoms. The molecule has 0 spiro atoms. The average Bonchev–Trinajstić information content (AvgIpc) is 2.74. The van der Waals surface area contributed by atoms with E-state index in [1.165, 1.54) is 7.48 Å². The Hall–Kier alpha value is -0.000779. The number of aromatic nitrogens is 4. The van der Waals surface area contributed by atoms with Crippen LogP contribution in [0.25, 0.3) is 0 Å². The number of hydrogen-bond donors (Lipinski definition) is 2. The topological polar surface area (TPSA) is 57.4 Å². The normalized spacial score (nSPS) is 10.3. The molecule has 0 unspecified atom stereocenters. The van der Waals surface area contributed by atoms with Gasteiger partial charge in [-0.15, -0.1) is 0 Å². The number of H-pyrrole nitrogens is 2. The average molecular weight is 389 g/mol. The Kier molecular flexibility index (Phi) is 3.08. The molecule has 2 heterocycles. The van der Waals surface area contributed by atoms with E-state index in [-0.39, 0.29) is 34.1 Å². The summed E-state index contributed by atoms with van der Waals surface area (Å²) in [6.45, 7) is 0. The van der Waals surface area contributed by atoms with Crippen molar-refractivity contribution in [3.63, 3.8) is 0 Å². The van der Waals surface area contributed by atoms with Gasteiger partial charge in [-0.05, 0) is 0 Å². The van der Waals surface area contributed by atoms with Gasteiger partial charge in [-0.25, -0.2) is 0 Å². The third-order valence-electron chi connectivity index (χ3n) is 1.17. The maximum absolute atomic E-state index is 3.92. The van der Waals surface area contributed by atoms with E-state index in [1.807, 2.05) is 12.4 Å². The monoisotopic (exact) mass is 394 g/mol. The summed E-state index contributed by atoms with van der Waals surface area (Å²) in [4.78, 5) is 0. The molecule has 0 saturated heterocycles. The molecule has 2 rings (SSSR count). The number of nitrogens with zero attached hydrogens (tertiary/aromatic N) is 2. The van der Waals surface area contributed by atoms with Gasteiger partial charge in [-0.3, -0.25) is 0 Å². The summed E-state index contributed by atoms with van der Waals surface area (Å²) in [6, 6.07) is 4.15. The van der Waals surface area contributed by atoms with E-state index >= 15 is 0 Å². The molecular weight excluding hydrogens is 383 g/mol. The molecule has 4 nitrogen and oxygen atoms in total. The molecule has 0 atom stereocenters. The zero-order chi connectivity index (χ0) is 8.23. The van der Waals surface area contributed by atoms with Crippen molar-refractivity contribution in [2.24, 2.45) is 0 Å². The van der Waals surface area contributed by atoms with Gasteiger partial charge >= 0.3 is 86.5 Å². The Morgan fingerprint density at radius 1 is 0.917 bits per heavy atom. The summed E-state index contributed by atoms with van der Waals surface area (Å²) >= 11 is -0.0411. The van der Waals surface area contributed by atoms with Crippen LogP contribution < -0.4 is 7.48 Å². The number of rotatable bonds is 3. The van der Waals surface area contributed by atoms with Gasteiger partial charge in [0.25, 0.3) is 0 Å². The molecule has 0 saturated carbocycles. The fourth-order valence-electron chi connectivity index (χ4n) is 0.669. The summed E-state index contributed by atoms with van der Waals surface area (Å²) < 4.78 is 2.69. The van der Waals surface area contributed by atoms with Crippen molar-refractivity contribution in [1.82, 2.24) is 20.4 Å².